The first-order valence-corrected chi connectivity index (χ1v) is 21.4. The number of allylic oxidation sites excluding steroid dienone is 12. The van der Waals surface area contributed by atoms with E-state index >= 15 is 0 Å². The molecule has 2 unspecified atom stereocenters. The molecule has 0 saturated heterocycles. The highest BCUT2D eigenvalue weighted by atomic mass is 31.2. The zero-order valence-corrected chi connectivity index (χ0v) is 33.6. The first-order chi connectivity index (χ1) is 25.8. The average molecular weight is 767 g/mol. The van der Waals surface area contributed by atoms with Gasteiger partial charge in [0.05, 0.1) is 26.4 Å². The maximum atomic E-state index is 12.3. The monoisotopic (exact) mass is 766 g/mol. The largest absolute Gasteiger partial charge is 0.472 e. The molecule has 0 aliphatic rings. The van der Waals surface area contributed by atoms with E-state index in [2.05, 4.69) is 86.8 Å². The number of carbonyl (C=O) groups excluding carboxylic acids is 2. The van der Waals surface area contributed by atoms with E-state index in [0.29, 0.717) is 12.8 Å². The number of carbonyl (C=O) groups is 2. The Labute approximate surface area is 320 Å². The van der Waals surface area contributed by atoms with Crippen molar-refractivity contribution in [3.05, 3.63) is 72.9 Å². The molecule has 0 radical (unpaired) electrons. The van der Waals surface area contributed by atoms with Crippen LogP contribution in [0.1, 0.15) is 142 Å². The summed E-state index contributed by atoms with van der Waals surface area (Å²) in [7, 11) is -4.65. The Morgan fingerprint density at radius 3 is 1.19 bits per heavy atom. The summed E-state index contributed by atoms with van der Waals surface area (Å²) in [5, 5.41) is 19.1. The van der Waals surface area contributed by atoms with Gasteiger partial charge in [0.15, 0.2) is 0 Å². The molecular formula is C42H71O10P. The molecule has 304 valence electrons. The lowest BCUT2D eigenvalue weighted by Gasteiger charge is -2.20. The van der Waals surface area contributed by atoms with Gasteiger partial charge in [0.25, 0.3) is 0 Å². The summed E-state index contributed by atoms with van der Waals surface area (Å²) >= 11 is 0. The molecule has 0 amide bonds. The van der Waals surface area contributed by atoms with Crippen molar-refractivity contribution in [1.29, 1.82) is 0 Å². The molecular weight excluding hydrogens is 695 g/mol. The SMILES string of the molecule is CC/C=C\C/C=C\C/C=C\CCCCCCCC(=O)OC(CO)COP(=O)(O)OCC(CO)OC(=O)CCCCCCC/C=C\C/C=C\C/C=C\CC. The molecule has 0 aromatic heterocycles. The molecule has 0 rings (SSSR count). The van der Waals surface area contributed by atoms with Gasteiger partial charge in [-0.2, -0.15) is 0 Å². The van der Waals surface area contributed by atoms with Crippen LogP contribution in [-0.4, -0.2) is 65.7 Å². The van der Waals surface area contributed by atoms with Gasteiger partial charge in [-0.05, 0) is 77.0 Å². The summed E-state index contributed by atoms with van der Waals surface area (Å²) in [4.78, 5) is 34.4. The summed E-state index contributed by atoms with van der Waals surface area (Å²) in [6.07, 6.45) is 41.6. The highest BCUT2D eigenvalue weighted by molar-refractivity contribution is 7.47. The number of ether oxygens (including phenoxy) is 2. The minimum atomic E-state index is -4.65. The first kappa shape index (κ1) is 50.4. The lowest BCUT2D eigenvalue weighted by Crippen LogP contribution is -2.28. The fourth-order valence-electron chi connectivity index (χ4n) is 4.91. The van der Waals surface area contributed by atoms with Crippen LogP contribution in [-0.2, 0) is 32.7 Å². The van der Waals surface area contributed by atoms with Crippen molar-refractivity contribution >= 4 is 19.8 Å². The molecule has 0 spiro atoms. The normalized spacial score (nSPS) is 14.7. The Bertz CT molecular complexity index is 1030. The number of phosphoric ester groups is 1. The summed E-state index contributed by atoms with van der Waals surface area (Å²) in [5.41, 5.74) is 0. The van der Waals surface area contributed by atoms with E-state index in [9.17, 15) is 29.3 Å². The topological polar surface area (TPSA) is 149 Å². The van der Waals surface area contributed by atoms with Crippen molar-refractivity contribution in [2.24, 2.45) is 0 Å². The average Bonchev–Trinajstić information content (AvgIpc) is 3.14. The maximum Gasteiger partial charge on any atom is 0.472 e. The fourth-order valence-corrected chi connectivity index (χ4v) is 5.69. The summed E-state index contributed by atoms with van der Waals surface area (Å²) in [6.45, 7) is 1.91. The van der Waals surface area contributed by atoms with Gasteiger partial charge in [-0.25, -0.2) is 4.57 Å². The smallest absolute Gasteiger partial charge is 0.457 e. The van der Waals surface area contributed by atoms with Crippen LogP contribution < -0.4 is 0 Å². The van der Waals surface area contributed by atoms with Gasteiger partial charge in [-0.15, -0.1) is 0 Å². The van der Waals surface area contributed by atoms with Crippen molar-refractivity contribution in [2.75, 3.05) is 26.4 Å². The van der Waals surface area contributed by atoms with E-state index in [1.807, 2.05) is 0 Å². The molecule has 0 aromatic carbocycles. The molecule has 2 atom stereocenters. The third-order valence-electron chi connectivity index (χ3n) is 7.91. The number of aliphatic hydroxyl groups is 2. The fraction of sp³-hybridized carbons (Fsp3) is 0.667. The van der Waals surface area contributed by atoms with E-state index < -0.39 is 58.4 Å². The van der Waals surface area contributed by atoms with Crippen molar-refractivity contribution in [1.82, 2.24) is 0 Å². The van der Waals surface area contributed by atoms with Crippen LogP contribution in [0.4, 0.5) is 0 Å². The van der Waals surface area contributed by atoms with E-state index in [1.54, 1.807) is 0 Å². The summed E-state index contributed by atoms with van der Waals surface area (Å²) < 4.78 is 32.5. The van der Waals surface area contributed by atoms with Crippen LogP contribution in [0.3, 0.4) is 0 Å². The van der Waals surface area contributed by atoms with Crippen molar-refractivity contribution < 1.29 is 47.8 Å². The second-order valence-electron chi connectivity index (χ2n) is 12.8. The van der Waals surface area contributed by atoms with Gasteiger partial charge in [0, 0.05) is 12.8 Å². The lowest BCUT2D eigenvalue weighted by molar-refractivity contribution is -0.153. The molecule has 3 N–H and O–H groups in total. The number of hydrogen-bond acceptors (Lipinski definition) is 9. The Morgan fingerprint density at radius 1 is 0.509 bits per heavy atom. The molecule has 10 nitrogen and oxygen atoms in total. The van der Waals surface area contributed by atoms with E-state index in [1.165, 1.54) is 0 Å². The molecule has 53 heavy (non-hydrogen) atoms. The van der Waals surface area contributed by atoms with Gasteiger partial charge in [-0.1, -0.05) is 125 Å². The third kappa shape index (κ3) is 36.2. The number of aliphatic hydroxyl groups excluding tert-OH is 2. The predicted molar refractivity (Wildman–Crippen MR) is 214 cm³/mol. The van der Waals surface area contributed by atoms with Gasteiger partial charge < -0.3 is 24.6 Å². The standard InChI is InChI=1S/C42H71O10P/c1-3-5-7-9-11-13-15-17-19-21-23-25-27-29-31-33-41(45)51-39(35-43)37-49-53(47,48)50-38-40(36-44)52-42(46)34-32-30-28-26-24-22-20-18-16-14-12-10-8-6-4-2/h5-8,11-14,17-20,39-40,43-44H,3-4,9-10,15-16,21-38H2,1-2H3,(H,47,48)/b7-5-,8-6-,13-11-,14-12-,19-17-,20-18-. The number of phosphoric acid groups is 1. The Morgan fingerprint density at radius 2 is 0.830 bits per heavy atom. The van der Waals surface area contributed by atoms with Crippen LogP contribution in [0.25, 0.3) is 0 Å². The van der Waals surface area contributed by atoms with E-state index in [-0.39, 0.29) is 12.8 Å². The van der Waals surface area contributed by atoms with Crippen LogP contribution in [0.15, 0.2) is 72.9 Å². The number of unbranched alkanes of at least 4 members (excludes halogenated alkanes) is 10. The molecule has 0 fully saturated rings. The van der Waals surface area contributed by atoms with Gasteiger partial charge >= 0.3 is 19.8 Å². The Kier molecular flexibility index (Phi) is 35.9. The summed E-state index contributed by atoms with van der Waals surface area (Å²) in [5.74, 6) is -1.06. The van der Waals surface area contributed by atoms with Crippen LogP contribution in [0.5, 0.6) is 0 Å². The minimum absolute atomic E-state index is 0.167. The number of rotatable bonds is 36. The molecule has 0 saturated carbocycles. The second-order valence-corrected chi connectivity index (χ2v) is 14.3. The van der Waals surface area contributed by atoms with Crippen LogP contribution in [0, 0.1) is 0 Å². The molecule has 0 bridgehead atoms. The molecule has 0 heterocycles. The zero-order valence-electron chi connectivity index (χ0n) is 32.7. The quantitative estimate of drug-likeness (QED) is 0.0243. The van der Waals surface area contributed by atoms with E-state index in [0.717, 1.165) is 103 Å². The zero-order chi connectivity index (χ0) is 39.1. The highest BCUT2D eigenvalue weighted by Gasteiger charge is 2.27. The highest BCUT2D eigenvalue weighted by Crippen LogP contribution is 2.43. The minimum Gasteiger partial charge on any atom is -0.457 e. The summed E-state index contributed by atoms with van der Waals surface area (Å²) in [6, 6.07) is 0. The first-order valence-electron chi connectivity index (χ1n) is 19.9. The van der Waals surface area contributed by atoms with E-state index in [4.69, 9.17) is 18.5 Å². The maximum absolute atomic E-state index is 12.3. The number of esters is 2. The van der Waals surface area contributed by atoms with Crippen molar-refractivity contribution in [3.8, 4) is 0 Å². The lowest BCUT2D eigenvalue weighted by atomic mass is 10.1. The molecule has 0 aliphatic carbocycles. The Balaban J connectivity index is 4.02. The van der Waals surface area contributed by atoms with Crippen LogP contribution >= 0.6 is 7.82 Å². The van der Waals surface area contributed by atoms with Gasteiger partial charge in [0.1, 0.15) is 12.2 Å². The van der Waals surface area contributed by atoms with Crippen LogP contribution in [0.2, 0.25) is 0 Å². The third-order valence-corrected chi connectivity index (χ3v) is 8.86. The molecule has 0 aliphatic heterocycles. The van der Waals surface area contributed by atoms with Gasteiger partial charge in [-0.3, -0.25) is 18.6 Å². The van der Waals surface area contributed by atoms with Crippen molar-refractivity contribution in [3.63, 3.8) is 0 Å². The molecule has 11 heteroatoms. The number of hydrogen-bond donors (Lipinski definition) is 3. The predicted octanol–water partition coefficient (Wildman–Crippen LogP) is 10.1. The second kappa shape index (κ2) is 37.7. The van der Waals surface area contributed by atoms with Crippen molar-refractivity contribution in [2.45, 2.75) is 154 Å². The Hall–Kier alpha value is -2.59. The molecule has 0 aromatic rings. The van der Waals surface area contributed by atoms with Gasteiger partial charge in [0.2, 0.25) is 0 Å².